The number of hydrogen-bond acceptors (Lipinski definition) is 8. The van der Waals surface area contributed by atoms with Crippen molar-refractivity contribution < 1.29 is 18.7 Å². The fourth-order valence-corrected chi connectivity index (χ4v) is 3.84. The summed E-state index contributed by atoms with van der Waals surface area (Å²) < 4.78 is 12.4. The summed E-state index contributed by atoms with van der Waals surface area (Å²) in [5, 5.41) is 11.9. The Bertz CT molecular complexity index is 1220. The zero-order valence-corrected chi connectivity index (χ0v) is 18.6. The molecule has 3 aromatic heterocycles. The first kappa shape index (κ1) is 22.3. The van der Waals surface area contributed by atoms with Gasteiger partial charge < -0.3 is 14.5 Å². The number of nitrogens with one attached hydrogen (secondary N) is 1. The number of rotatable bonds is 9. The predicted octanol–water partition coefficient (Wildman–Crippen LogP) is 3.89. The van der Waals surface area contributed by atoms with Gasteiger partial charge in [0.05, 0.1) is 36.4 Å². The standard InChI is InChI=1S/C23H21N5O4S/c1-2-31-22(30)18-9-3-4-10-19(18)25-20(29)15-33-23-27-26-21(16-7-5-11-24-13-16)28(23)14-17-8-6-12-32-17/h3-13H,2,14-15H2,1H3,(H,25,29). The maximum Gasteiger partial charge on any atom is 0.340 e. The molecular formula is C23H21N5O4S. The van der Waals surface area contributed by atoms with Crippen molar-refractivity contribution in [1.82, 2.24) is 19.7 Å². The number of amides is 1. The number of carbonyl (C=O) groups excluding carboxylic acids is 2. The third kappa shape index (κ3) is 5.47. The van der Waals surface area contributed by atoms with E-state index in [1.165, 1.54) is 11.8 Å². The summed E-state index contributed by atoms with van der Waals surface area (Å²) in [6, 6.07) is 14.1. The minimum absolute atomic E-state index is 0.0699. The van der Waals surface area contributed by atoms with Crippen molar-refractivity contribution in [3.63, 3.8) is 0 Å². The van der Waals surface area contributed by atoms with E-state index in [1.807, 2.05) is 28.8 Å². The van der Waals surface area contributed by atoms with Gasteiger partial charge in [-0.05, 0) is 43.3 Å². The van der Waals surface area contributed by atoms with E-state index >= 15 is 0 Å². The second-order valence-corrected chi connectivity index (χ2v) is 7.76. The third-order valence-corrected chi connectivity index (χ3v) is 5.53. The molecule has 10 heteroatoms. The van der Waals surface area contributed by atoms with E-state index in [1.54, 1.807) is 49.8 Å². The van der Waals surface area contributed by atoms with Crippen LogP contribution in [0.1, 0.15) is 23.0 Å². The average Bonchev–Trinajstić information content (AvgIpc) is 3.49. The van der Waals surface area contributed by atoms with Crippen LogP contribution in [0.3, 0.4) is 0 Å². The number of pyridine rings is 1. The van der Waals surface area contributed by atoms with E-state index in [0.717, 1.165) is 11.3 Å². The van der Waals surface area contributed by atoms with Crippen molar-refractivity contribution in [3.05, 3.63) is 78.5 Å². The van der Waals surface area contributed by atoms with Gasteiger partial charge in [0.2, 0.25) is 5.91 Å². The summed E-state index contributed by atoms with van der Waals surface area (Å²) >= 11 is 1.24. The number of anilines is 1. The zero-order valence-electron chi connectivity index (χ0n) is 17.8. The van der Waals surface area contributed by atoms with Crippen molar-refractivity contribution >= 4 is 29.3 Å². The lowest BCUT2D eigenvalue weighted by molar-refractivity contribution is -0.113. The van der Waals surface area contributed by atoms with E-state index in [-0.39, 0.29) is 18.3 Å². The average molecular weight is 464 g/mol. The van der Waals surface area contributed by atoms with E-state index < -0.39 is 5.97 Å². The minimum Gasteiger partial charge on any atom is -0.467 e. The van der Waals surface area contributed by atoms with Gasteiger partial charge in [0, 0.05) is 18.0 Å². The molecule has 1 N–H and O–H groups in total. The van der Waals surface area contributed by atoms with Gasteiger partial charge in [-0.2, -0.15) is 0 Å². The molecule has 4 aromatic rings. The number of thioether (sulfide) groups is 1. The molecule has 0 bridgehead atoms. The molecule has 0 atom stereocenters. The summed E-state index contributed by atoms with van der Waals surface area (Å²) in [4.78, 5) is 29.0. The maximum absolute atomic E-state index is 12.7. The number of para-hydroxylation sites is 1. The van der Waals surface area contributed by atoms with Crippen LogP contribution in [0.2, 0.25) is 0 Å². The summed E-state index contributed by atoms with van der Waals surface area (Å²) in [7, 11) is 0. The quantitative estimate of drug-likeness (QED) is 0.294. The molecule has 0 aliphatic carbocycles. The molecule has 0 saturated heterocycles. The van der Waals surface area contributed by atoms with Crippen LogP contribution in [0.5, 0.6) is 0 Å². The molecular weight excluding hydrogens is 442 g/mol. The van der Waals surface area contributed by atoms with E-state index in [9.17, 15) is 9.59 Å². The van der Waals surface area contributed by atoms with Crippen LogP contribution in [0, 0.1) is 0 Å². The van der Waals surface area contributed by atoms with Gasteiger partial charge in [0.1, 0.15) is 5.76 Å². The molecule has 168 valence electrons. The van der Waals surface area contributed by atoms with E-state index in [0.29, 0.717) is 28.8 Å². The second-order valence-electron chi connectivity index (χ2n) is 6.82. The molecule has 1 aromatic carbocycles. The lowest BCUT2D eigenvalue weighted by Gasteiger charge is -2.11. The number of nitrogens with zero attached hydrogens (tertiary/aromatic N) is 4. The fraction of sp³-hybridized carbons (Fsp3) is 0.174. The van der Waals surface area contributed by atoms with Crippen LogP contribution < -0.4 is 5.32 Å². The number of aromatic nitrogens is 4. The van der Waals surface area contributed by atoms with Crippen molar-refractivity contribution in [2.45, 2.75) is 18.6 Å². The number of hydrogen-bond donors (Lipinski definition) is 1. The fourth-order valence-electron chi connectivity index (χ4n) is 3.10. The Hall–Kier alpha value is -3.92. The highest BCUT2D eigenvalue weighted by molar-refractivity contribution is 7.99. The van der Waals surface area contributed by atoms with Gasteiger partial charge >= 0.3 is 5.97 Å². The molecule has 0 unspecified atom stereocenters. The third-order valence-electron chi connectivity index (χ3n) is 4.56. The second kappa shape index (κ2) is 10.6. The highest BCUT2D eigenvalue weighted by atomic mass is 32.2. The molecule has 33 heavy (non-hydrogen) atoms. The van der Waals surface area contributed by atoms with Crippen molar-refractivity contribution in [2.24, 2.45) is 0 Å². The molecule has 0 radical (unpaired) electrons. The molecule has 9 nitrogen and oxygen atoms in total. The van der Waals surface area contributed by atoms with Crippen molar-refractivity contribution in [1.29, 1.82) is 0 Å². The number of ether oxygens (including phenoxy) is 1. The Morgan fingerprint density at radius 2 is 2.00 bits per heavy atom. The maximum atomic E-state index is 12.7. The molecule has 0 aliphatic heterocycles. The Morgan fingerprint density at radius 1 is 1.12 bits per heavy atom. The molecule has 4 rings (SSSR count). The van der Waals surface area contributed by atoms with Crippen LogP contribution in [0.4, 0.5) is 5.69 Å². The van der Waals surface area contributed by atoms with Crippen LogP contribution in [-0.4, -0.2) is 44.0 Å². The lowest BCUT2D eigenvalue weighted by Crippen LogP contribution is -2.18. The van der Waals surface area contributed by atoms with Gasteiger partial charge in [-0.1, -0.05) is 23.9 Å². The van der Waals surface area contributed by atoms with Gasteiger partial charge in [-0.25, -0.2) is 4.79 Å². The predicted molar refractivity (Wildman–Crippen MR) is 123 cm³/mol. The smallest absolute Gasteiger partial charge is 0.340 e. The normalized spacial score (nSPS) is 10.7. The summed E-state index contributed by atoms with van der Waals surface area (Å²) in [5.41, 5.74) is 1.50. The van der Waals surface area contributed by atoms with Gasteiger partial charge in [0.25, 0.3) is 0 Å². The summed E-state index contributed by atoms with van der Waals surface area (Å²) in [6.45, 7) is 2.38. The summed E-state index contributed by atoms with van der Waals surface area (Å²) in [6.07, 6.45) is 4.99. The monoisotopic (exact) mass is 463 g/mol. The molecule has 1 amide bonds. The Morgan fingerprint density at radius 3 is 2.76 bits per heavy atom. The minimum atomic E-state index is -0.486. The number of carbonyl (C=O) groups is 2. The number of benzene rings is 1. The molecule has 0 saturated carbocycles. The number of furan rings is 1. The number of esters is 1. The van der Waals surface area contributed by atoms with Gasteiger partial charge in [0.15, 0.2) is 11.0 Å². The topological polar surface area (TPSA) is 112 Å². The highest BCUT2D eigenvalue weighted by Gasteiger charge is 2.18. The van der Waals surface area contributed by atoms with Crippen molar-refractivity contribution in [2.75, 3.05) is 17.7 Å². The molecule has 0 spiro atoms. The molecule has 0 aliphatic rings. The summed E-state index contributed by atoms with van der Waals surface area (Å²) in [5.74, 6) is 0.651. The van der Waals surface area contributed by atoms with Gasteiger partial charge in [-0.3, -0.25) is 14.3 Å². The zero-order chi connectivity index (χ0) is 23.0. The van der Waals surface area contributed by atoms with Crippen LogP contribution in [0.15, 0.2) is 76.8 Å². The van der Waals surface area contributed by atoms with Crippen LogP contribution in [0.25, 0.3) is 11.4 Å². The van der Waals surface area contributed by atoms with E-state index in [4.69, 9.17) is 9.15 Å². The molecule has 0 fully saturated rings. The first-order chi connectivity index (χ1) is 16.2. The first-order valence-corrected chi connectivity index (χ1v) is 11.2. The van der Waals surface area contributed by atoms with Gasteiger partial charge in [-0.15, -0.1) is 10.2 Å². The Kier molecular flexibility index (Phi) is 7.16. The largest absolute Gasteiger partial charge is 0.467 e. The van der Waals surface area contributed by atoms with Crippen molar-refractivity contribution in [3.8, 4) is 11.4 Å². The van der Waals surface area contributed by atoms with E-state index in [2.05, 4.69) is 20.5 Å². The Balaban J connectivity index is 1.50. The highest BCUT2D eigenvalue weighted by Crippen LogP contribution is 2.25. The van der Waals surface area contributed by atoms with Crippen LogP contribution >= 0.6 is 11.8 Å². The lowest BCUT2D eigenvalue weighted by atomic mass is 10.2. The SMILES string of the molecule is CCOC(=O)c1ccccc1NC(=O)CSc1nnc(-c2cccnc2)n1Cc1ccco1. The molecule has 3 heterocycles. The first-order valence-electron chi connectivity index (χ1n) is 10.2. The van der Waals surface area contributed by atoms with Crippen LogP contribution in [-0.2, 0) is 16.1 Å². The Labute approximate surface area is 194 Å².